The van der Waals surface area contributed by atoms with Crippen molar-refractivity contribution in [2.45, 2.75) is 27.0 Å². The quantitative estimate of drug-likeness (QED) is 0.452. The second-order valence-electron chi connectivity index (χ2n) is 6.63. The molecule has 0 aliphatic carbocycles. The van der Waals surface area contributed by atoms with Crippen LogP contribution >= 0.6 is 11.6 Å². The molecule has 3 aromatic rings. The SMILES string of the molecule is CCOc1cc(CNc2ccc(OC)c(Cl)c2)ccc1OCc1ccccc1C. The summed E-state index contributed by atoms with van der Waals surface area (Å²) in [5.74, 6) is 2.14. The average Bonchev–Trinajstić information content (AvgIpc) is 2.73. The van der Waals surface area contributed by atoms with Gasteiger partial charge in [0.1, 0.15) is 12.4 Å². The number of nitrogens with one attached hydrogen (secondary N) is 1. The normalized spacial score (nSPS) is 10.5. The predicted molar refractivity (Wildman–Crippen MR) is 118 cm³/mol. The second-order valence-corrected chi connectivity index (χ2v) is 7.04. The predicted octanol–water partition coefficient (Wildman–Crippen LogP) is 6.25. The van der Waals surface area contributed by atoms with E-state index in [9.17, 15) is 0 Å². The van der Waals surface area contributed by atoms with Gasteiger partial charge in [0.25, 0.3) is 0 Å². The maximum absolute atomic E-state index is 6.19. The molecule has 0 saturated carbocycles. The minimum Gasteiger partial charge on any atom is -0.495 e. The van der Waals surface area contributed by atoms with Crippen molar-refractivity contribution in [3.05, 3.63) is 82.4 Å². The smallest absolute Gasteiger partial charge is 0.161 e. The monoisotopic (exact) mass is 411 g/mol. The molecule has 0 spiro atoms. The first-order chi connectivity index (χ1) is 14.1. The van der Waals surface area contributed by atoms with Crippen molar-refractivity contribution < 1.29 is 14.2 Å². The van der Waals surface area contributed by atoms with Crippen LogP contribution in [0, 0.1) is 6.92 Å². The van der Waals surface area contributed by atoms with Crippen LogP contribution in [-0.4, -0.2) is 13.7 Å². The maximum atomic E-state index is 6.19. The van der Waals surface area contributed by atoms with E-state index < -0.39 is 0 Å². The van der Waals surface area contributed by atoms with Gasteiger partial charge in [-0.15, -0.1) is 0 Å². The standard InChI is InChI=1S/C24H26ClNO3/c1-4-28-24-13-18(15-26-20-10-12-22(27-3)21(25)14-20)9-11-23(24)29-16-19-8-6-5-7-17(19)2/h5-14,26H,4,15-16H2,1-3H3. The number of hydrogen-bond acceptors (Lipinski definition) is 4. The first-order valence-electron chi connectivity index (χ1n) is 9.61. The van der Waals surface area contributed by atoms with E-state index >= 15 is 0 Å². The van der Waals surface area contributed by atoms with Crippen LogP contribution in [-0.2, 0) is 13.2 Å². The number of benzene rings is 3. The van der Waals surface area contributed by atoms with Crippen LogP contribution in [0.5, 0.6) is 17.2 Å². The van der Waals surface area contributed by atoms with Gasteiger partial charge in [0.2, 0.25) is 0 Å². The number of hydrogen-bond donors (Lipinski definition) is 1. The Morgan fingerprint density at radius 1 is 0.897 bits per heavy atom. The zero-order valence-corrected chi connectivity index (χ0v) is 17.8. The first kappa shape index (κ1) is 20.9. The third-order valence-corrected chi connectivity index (χ3v) is 4.90. The Kier molecular flexibility index (Phi) is 7.25. The molecule has 29 heavy (non-hydrogen) atoms. The van der Waals surface area contributed by atoms with E-state index in [1.54, 1.807) is 7.11 Å². The van der Waals surface area contributed by atoms with Gasteiger partial charge in [-0.05, 0) is 60.9 Å². The zero-order chi connectivity index (χ0) is 20.6. The minimum atomic E-state index is 0.509. The van der Waals surface area contributed by atoms with Gasteiger partial charge in [-0.3, -0.25) is 0 Å². The number of aryl methyl sites for hydroxylation is 1. The molecule has 0 fully saturated rings. The maximum Gasteiger partial charge on any atom is 0.161 e. The van der Waals surface area contributed by atoms with Gasteiger partial charge < -0.3 is 19.5 Å². The lowest BCUT2D eigenvalue weighted by Crippen LogP contribution is -2.03. The van der Waals surface area contributed by atoms with Crippen molar-refractivity contribution >= 4 is 17.3 Å². The summed E-state index contributed by atoms with van der Waals surface area (Å²) in [7, 11) is 1.60. The molecule has 0 aliphatic rings. The van der Waals surface area contributed by atoms with Crippen LogP contribution in [0.15, 0.2) is 60.7 Å². The lowest BCUT2D eigenvalue weighted by atomic mass is 10.1. The highest BCUT2D eigenvalue weighted by atomic mass is 35.5. The molecule has 0 unspecified atom stereocenters. The molecule has 3 rings (SSSR count). The summed E-state index contributed by atoms with van der Waals surface area (Å²) in [6.45, 7) is 5.78. The van der Waals surface area contributed by atoms with Gasteiger partial charge in [0, 0.05) is 12.2 Å². The fourth-order valence-electron chi connectivity index (χ4n) is 2.96. The Hall–Kier alpha value is -2.85. The van der Waals surface area contributed by atoms with E-state index in [0.29, 0.717) is 30.5 Å². The molecule has 0 bridgehead atoms. The number of ether oxygens (including phenoxy) is 3. The molecule has 152 valence electrons. The molecule has 1 N–H and O–H groups in total. The number of methoxy groups -OCH3 is 1. The summed E-state index contributed by atoms with van der Waals surface area (Å²) < 4.78 is 17.0. The summed E-state index contributed by atoms with van der Waals surface area (Å²) >= 11 is 6.19. The van der Waals surface area contributed by atoms with E-state index in [1.165, 1.54) is 5.56 Å². The largest absolute Gasteiger partial charge is 0.495 e. The van der Waals surface area contributed by atoms with Crippen molar-refractivity contribution in [3.8, 4) is 17.2 Å². The molecule has 5 heteroatoms. The Morgan fingerprint density at radius 3 is 2.41 bits per heavy atom. The molecule has 0 saturated heterocycles. The van der Waals surface area contributed by atoms with E-state index in [-0.39, 0.29) is 0 Å². The fraction of sp³-hybridized carbons (Fsp3) is 0.250. The molecule has 0 radical (unpaired) electrons. The molecule has 0 heterocycles. The van der Waals surface area contributed by atoms with Gasteiger partial charge in [-0.1, -0.05) is 41.9 Å². The van der Waals surface area contributed by atoms with Crippen LogP contribution < -0.4 is 19.5 Å². The topological polar surface area (TPSA) is 39.7 Å². The van der Waals surface area contributed by atoms with E-state index in [0.717, 1.165) is 28.3 Å². The lowest BCUT2D eigenvalue weighted by Gasteiger charge is -2.15. The third kappa shape index (κ3) is 5.58. The van der Waals surface area contributed by atoms with Gasteiger partial charge in [-0.2, -0.15) is 0 Å². The van der Waals surface area contributed by atoms with Gasteiger partial charge in [-0.25, -0.2) is 0 Å². The first-order valence-corrected chi connectivity index (χ1v) is 9.99. The van der Waals surface area contributed by atoms with Crippen molar-refractivity contribution in [2.75, 3.05) is 19.0 Å². The minimum absolute atomic E-state index is 0.509. The molecule has 3 aromatic carbocycles. The molecule has 0 aliphatic heterocycles. The third-order valence-electron chi connectivity index (χ3n) is 4.60. The number of halogens is 1. The van der Waals surface area contributed by atoms with Crippen molar-refractivity contribution in [1.29, 1.82) is 0 Å². The van der Waals surface area contributed by atoms with Crippen molar-refractivity contribution in [1.82, 2.24) is 0 Å². The van der Waals surface area contributed by atoms with E-state index in [2.05, 4.69) is 24.4 Å². The van der Waals surface area contributed by atoms with Gasteiger partial charge >= 0.3 is 0 Å². The number of rotatable bonds is 9. The molecule has 4 nitrogen and oxygen atoms in total. The van der Waals surface area contributed by atoms with Crippen LogP contribution in [0.3, 0.4) is 0 Å². The van der Waals surface area contributed by atoms with E-state index in [1.807, 2.05) is 55.5 Å². The van der Waals surface area contributed by atoms with Crippen molar-refractivity contribution in [2.24, 2.45) is 0 Å². The highest BCUT2D eigenvalue weighted by Gasteiger charge is 2.09. The van der Waals surface area contributed by atoms with Gasteiger partial charge in [0.15, 0.2) is 11.5 Å². The molecule has 0 aromatic heterocycles. The highest BCUT2D eigenvalue weighted by Crippen LogP contribution is 2.31. The second kappa shape index (κ2) is 10.1. The Balaban J connectivity index is 1.68. The molecule has 0 atom stereocenters. The molecular weight excluding hydrogens is 386 g/mol. The molecule has 0 amide bonds. The lowest BCUT2D eigenvalue weighted by molar-refractivity contribution is 0.268. The Bertz CT molecular complexity index is 959. The summed E-state index contributed by atoms with van der Waals surface area (Å²) in [5.41, 5.74) is 4.39. The fourth-order valence-corrected chi connectivity index (χ4v) is 3.22. The summed E-state index contributed by atoms with van der Waals surface area (Å²) in [5, 5.41) is 3.95. The summed E-state index contributed by atoms with van der Waals surface area (Å²) in [6, 6.07) is 19.9. The van der Waals surface area contributed by atoms with Crippen LogP contribution in [0.25, 0.3) is 0 Å². The average molecular weight is 412 g/mol. The van der Waals surface area contributed by atoms with Crippen LogP contribution in [0.1, 0.15) is 23.6 Å². The zero-order valence-electron chi connectivity index (χ0n) is 17.0. The van der Waals surface area contributed by atoms with Gasteiger partial charge in [0.05, 0.1) is 18.7 Å². The number of anilines is 1. The van der Waals surface area contributed by atoms with E-state index in [4.69, 9.17) is 25.8 Å². The van der Waals surface area contributed by atoms with Crippen LogP contribution in [0.4, 0.5) is 5.69 Å². The van der Waals surface area contributed by atoms with Crippen molar-refractivity contribution in [3.63, 3.8) is 0 Å². The van der Waals surface area contributed by atoms with Crippen LogP contribution in [0.2, 0.25) is 5.02 Å². The summed E-state index contributed by atoms with van der Waals surface area (Å²) in [4.78, 5) is 0. The molecular formula is C24H26ClNO3. The highest BCUT2D eigenvalue weighted by molar-refractivity contribution is 6.32. The summed E-state index contributed by atoms with van der Waals surface area (Å²) in [6.07, 6.45) is 0. The Labute approximate surface area is 177 Å². The Morgan fingerprint density at radius 2 is 1.69 bits per heavy atom.